The summed E-state index contributed by atoms with van der Waals surface area (Å²) < 4.78 is 5.58. The second kappa shape index (κ2) is 2.68. The Hall–Kier alpha value is -0.0600. The van der Waals surface area contributed by atoms with E-state index >= 15 is 0 Å². The van der Waals surface area contributed by atoms with Crippen molar-refractivity contribution in [3.8, 4) is 0 Å². The molecule has 0 aromatic rings. The fourth-order valence-corrected chi connectivity index (χ4v) is 1.02. The Kier molecular flexibility index (Phi) is 2.10. The van der Waals surface area contributed by atoms with E-state index in [1.54, 1.807) is 0 Å². The van der Waals surface area contributed by atoms with Crippen LogP contribution in [0.15, 0.2) is 9.66 Å². The van der Waals surface area contributed by atoms with E-state index < -0.39 is 0 Å². The number of carbonyl (C=O) groups excluding carboxylic acids is 1. The minimum atomic E-state index is -0.186. The highest BCUT2D eigenvalue weighted by Crippen LogP contribution is 2.17. The molecule has 1 aliphatic heterocycles. The van der Waals surface area contributed by atoms with Crippen molar-refractivity contribution in [1.82, 2.24) is 0 Å². The SMILES string of the molecule is C[C@@H]1CC=C(I)C(=O)O1. The van der Waals surface area contributed by atoms with Gasteiger partial charge in [-0.25, -0.2) is 4.79 Å². The molecule has 0 aromatic carbocycles. The van der Waals surface area contributed by atoms with Gasteiger partial charge in [-0.15, -0.1) is 0 Å². The molecule has 0 N–H and O–H groups in total. The Bertz CT molecular complexity index is 162. The predicted molar refractivity (Wildman–Crippen MR) is 42.3 cm³/mol. The fourth-order valence-electron chi connectivity index (χ4n) is 0.640. The second-order valence-corrected chi connectivity index (χ2v) is 3.17. The van der Waals surface area contributed by atoms with Crippen molar-refractivity contribution >= 4 is 28.6 Å². The molecule has 0 amide bonds. The van der Waals surface area contributed by atoms with E-state index in [4.69, 9.17) is 4.74 Å². The molecular weight excluding hydrogens is 231 g/mol. The van der Waals surface area contributed by atoms with E-state index in [9.17, 15) is 4.79 Å². The van der Waals surface area contributed by atoms with E-state index in [-0.39, 0.29) is 12.1 Å². The normalized spacial score (nSPS) is 27.1. The summed E-state index contributed by atoms with van der Waals surface area (Å²) in [6, 6.07) is 0. The zero-order chi connectivity index (χ0) is 6.85. The molecule has 0 unspecified atom stereocenters. The van der Waals surface area contributed by atoms with E-state index in [0.717, 1.165) is 6.42 Å². The summed E-state index contributed by atoms with van der Waals surface area (Å²) in [4.78, 5) is 10.7. The van der Waals surface area contributed by atoms with Crippen LogP contribution >= 0.6 is 22.6 Å². The number of rotatable bonds is 0. The monoisotopic (exact) mass is 238 g/mol. The first-order valence-corrected chi connectivity index (χ1v) is 3.84. The van der Waals surface area contributed by atoms with Crippen LogP contribution in [-0.4, -0.2) is 12.1 Å². The van der Waals surface area contributed by atoms with Gasteiger partial charge in [0.15, 0.2) is 0 Å². The number of ether oxygens (including phenoxy) is 1. The van der Waals surface area contributed by atoms with Crippen LogP contribution in [-0.2, 0) is 9.53 Å². The summed E-state index contributed by atoms with van der Waals surface area (Å²) in [5, 5.41) is 0. The van der Waals surface area contributed by atoms with Gasteiger partial charge in [0, 0.05) is 6.42 Å². The topological polar surface area (TPSA) is 26.3 Å². The van der Waals surface area contributed by atoms with Gasteiger partial charge in [0.05, 0.1) is 3.58 Å². The largest absolute Gasteiger partial charge is 0.458 e. The minimum Gasteiger partial charge on any atom is -0.458 e. The Morgan fingerprint density at radius 2 is 2.56 bits per heavy atom. The summed E-state index contributed by atoms with van der Waals surface area (Å²) in [5.41, 5.74) is 0. The van der Waals surface area contributed by atoms with Crippen LogP contribution in [0, 0.1) is 0 Å². The van der Waals surface area contributed by atoms with Crippen LogP contribution in [0.3, 0.4) is 0 Å². The van der Waals surface area contributed by atoms with Crippen LogP contribution in [0.2, 0.25) is 0 Å². The van der Waals surface area contributed by atoms with Crippen LogP contribution in [0.25, 0.3) is 0 Å². The van der Waals surface area contributed by atoms with Crippen molar-refractivity contribution in [1.29, 1.82) is 0 Å². The highest BCUT2D eigenvalue weighted by molar-refractivity contribution is 14.1. The van der Waals surface area contributed by atoms with Gasteiger partial charge in [0.25, 0.3) is 0 Å². The van der Waals surface area contributed by atoms with Gasteiger partial charge in [-0.05, 0) is 29.5 Å². The van der Waals surface area contributed by atoms with Gasteiger partial charge in [-0.3, -0.25) is 0 Å². The van der Waals surface area contributed by atoms with Gasteiger partial charge in [0.2, 0.25) is 0 Å². The van der Waals surface area contributed by atoms with E-state index in [1.165, 1.54) is 0 Å². The molecular formula is C6H7IO2. The number of hydrogen-bond donors (Lipinski definition) is 0. The smallest absolute Gasteiger partial charge is 0.344 e. The lowest BCUT2D eigenvalue weighted by molar-refractivity contribution is -0.143. The molecule has 0 saturated carbocycles. The van der Waals surface area contributed by atoms with Crippen molar-refractivity contribution in [3.63, 3.8) is 0 Å². The third-order valence-corrected chi connectivity index (χ3v) is 2.01. The molecule has 0 saturated heterocycles. The standard InChI is InChI=1S/C6H7IO2/c1-4-2-3-5(7)6(8)9-4/h3-4H,2H2,1H3/t4-/m1/s1. The lowest BCUT2D eigenvalue weighted by atomic mass is 10.2. The average Bonchev–Trinajstić information content (AvgIpc) is 1.80. The summed E-state index contributed by atoms with van der Waals surface area (Å²) >= 11 is 1.98. The first-order chi connectivity index (χ1) is 4.20. The maximum atomic E-state index is 10.7. The average molecular weight is 238 g/mol. The maximum absolute atomic E-state index is 10.7. The lowest BCUT2D eigenvalue weighted by Gasteiger charge is -2.15. The first-order valence-electron chi connectivity index (χ1n) is 2.77. The number of carbonyl (C=O) groups is 1. The van der Waals surface area contributed by atoms with Gasteiger partial charge >= 0.3 is 5.97 Å². The van der Waals surface area contributed by atoms with Gasteiger partial charge in [0.1, 0.15) is 6.10 Å². The summed E-state index contributed by atoms with van der Waals surface area (Å²) in [7, 11) is 0. The molecule has 2 nitrogen and oxygen atoms in total. The van der Waals surface area contributed by atoms with Gasteiger partial charge < -0.3 is 4.74 Å². The van der Waals surface area contributed by atoms with Crippen LogP contribution < -0.4 is 0 Å². The molecule has 3 heteroatoms. The number of cyclic esters (lactones) is 1. The Labute approximate surface area is 67.4 Å². The molecule has 0 aliphatic carbocycles. The molecule has 1 heterocycles. The van der Waals surface area contributed by atoms with E-state index in [2.05, 4.69) is 0 Å². The zero-order valence-electron chi connectivity index (χ0n) is 5.06. The summed E-state index contributed by atoms with van der Waals surface area (Å²) in [6.45, 7) is 1.89. The molecule has 1 aliphatic rings. The predicted octanol–water partition coefficient (Wildman–Crippen LogP) is 1.64. The Balaban J connectivity index is 2.68. The number of hydrogen-bond acceptors (Lipinski definition) is 2. The molecule has 50 valence electrons. The minimum absolute atomic E-state index is 0.0658. The fraction of sp³-hybridized carbons (Fsp3) is 0.500. The van der Waals surface area contributed by atoms with Crippen molar-refractivity contribution in [2.24, 2.45) is 0 Å². The third kappa shape index (κ3) is 1.67. The van der Waals surface area contributed by atoms with E-state index in [0.29, 0.717) is 3.58 Å². The third-order valence-electron chi connectivity index (χ3n) is 1.13. The second-order valence-electron chi connectivity index (χ2n) is 2.00. The molecule has 0 radical (unpaired) electrons. The summed E-state index contributed by atoms with van der Waals surface area (Å²) in [5.74, 6) is -0.186. The Morgan fingerprint density at radius 1 is 1.89 bits per heavy atom. The van der Waals surface area contributed by atoms with Crippen LogP contribution in [0.1, 0.15) is 13.3 Å². The highest BCUT2D eigenvalue weighted by Gasteiger charge is 2.16. The molecule has 0 aromatic heterocycles. The zero-order valence-corrected chi connectivity index (χ0v) is 7.21. The molecule has 0 bridgehead atoms. The lowest BCUT2D eigenvalue weighted by Crippen LogP contribution is -2.18. The van der Waals surface area contributed by atoms with Crippen molar-refractivity contribution in [2.75, 3.05) is 0 Å². The summed E-state index contributed by atoms with van der Waals surface area (Å²) in [6.07, 6.45) is 2.82. The molecule has 1 rings (SSSR count). The molecule has 1 atom stereocenters. The maximum Gasteiger partial charge on any atom is 0.344 e. The van der Waals surface area contributed by atoms with Crippen LogP contribution in [0.4, 0.5) is 0 Å². The highest BCUT2D eigenvalue weighted by atomic mass is 127. The van der Waals surface area contributed by atoms with Crippen molar-refractivity contribution in [2.45, 2.75) is 19.4 Å². The molecule has 0 fully saturated rings. The molecule has 9 heavy (non-hydrogen) atoms. The van der Waals surface area contributed by atoms with Crippen LogP contribution in [0.5, 0.6) is 0 Å². The first kappa shape index (κ1) is 7.05. The van der Waals surface area contributed by atoms with E-state index in [1.807, 2.05) is 35.6 Å². The van der Waals surface area contributed by atoms with Crippen molar-refractivity contribution < 1.29 is 9.53 Å². The Morgan fingerprint density at radius 3 is 3.00 bits per heavy atom. The molecule has 0 spiro atoms. The quantitative estimate of drug-likeness (QED) is 0.473. The van der Waals surface area contributed by atoms with Gasteiger partial charge in [-0.2, -0.15) is 0 Å². The number of esters is 1. The van der Waals surface area contributed by atoms with Crippen molar-refractivity contribution in [3.05, 3.63) is 9.66 Å². The van der Waals surface area contributed by atoms with Gasteiger partial charge in [-0.1, -0.05) is 6.08 Å². The number of halogens is 1.